The number of hydrogen-bond acceptors (Lipinski definition) is 6. The third kappa shape index (κ3) is 4.45. The molecule has 0 aliphatic carbocycles. The number of hydrogen-bond donors (Lipinski definition) is 2. The molecule has 2 heterocycles. The number of furan rings is 1. The highest BCUT2D eigenvalue weighted by Gasteiger charge is 2.27. The summed E-state index contributed by atoms with van der Waals surface area (Å²) < 4.78 is 63.4. The molecule has 0 saturated carbocycles. The van der Waals surface area contributed by atoms with Crippen LogP contribution in [0.1, 0.15) is 22.7 Å². The molecule has 0 spiro atoms. The van der Waals surface area contributed by atoms with E-state index < -0.39 is 25.1 Å². The van der Waals surface area contributed by atoms with Crippen LogP contribution in [0.4, 0.5) is 11.4 Å². The number of nitrogens with zero attached hydrogens (tertiary/aromatic N) is 2. The van der Waals surface area contributed by atoms with E-state index in [2.05, 4.69) is 27.7 Å². The first-order chi connectivity index (χ1) is 14.9. The predicted octanol–water partition coefficient (Wildman–Crippen LogP) is 4.17. The molecule has 2 aromatic heterocycles. The van der Waals surface area contributed by atoms with Crippen molar-refractivity contribution in [3.63, 3.8) is 0 Å². The van der Waals surface area contributed by atoms with Crippen molar-refractivity contribution in [1.29, 1.82) is 0 Å². The van der Waals surface area contributed by atoms with Crippen molar-refractivity contribution in [3.8, 4) is 0 Å². The average molecular weight is 497 g/mol. The standard InChI is InChI=1S/C20H21ClN4O5S2/c1-6-14-10-19(30-18(14)7-2)31(26,27)24-17-11-15(21)8-9-16(17)23-32(28,29)20-12(3)22-25(5)13(20)4/h6-11,23-24H,1-2H2,3-5H3. The second-order valence-electron chi connectivity index (χ2n) is 6.82. The quantitative estimate of drug-likeness (QED) is 0.482. The van der Waals surface area contributed by atoms with Crippen LogP contribution in [0, 0.1) is 13.8 Å². The lowest BCUT2D eigenvalue weighted by molar-refractivity contribution is 0.445. The number of sulfonamides is 2. The lowest BCUT2D eigenvalue weighted by Gasteiger charge is -2.14. The van der Waals surface area contributed by atoms with Gasteiger partial charge in [0.2, 0.25) is 5.09 Å². The minimum Gasteiger partial charge on any atom is -0.443 e. The van der Waals surface area contributed by atoms with E-state index >= 15 is 0 Å². The third-order valence-electron chi connectivity index (χ3n) is 4.62. The van der Waals surface area contributed by atoms with Crippen LogP contribution < -0.4 is 9.44 Å². The van der Waals surface area contributed by atoms with E-state index in [9.17, 15) is 16.8 Å². The Morgan fingerprint density at radius 3 is 2.22 bits per heavy atom. The molecule has 32 heavy (non-hydrogen) atoms. The van der Waals surface area contributed by atoms with Crippen LogP contribution in [0.3, 0.4) is 0 Å². The van der Waals surface area contributed by atoms with Crippen molar-refractivity contribution in [2.24, 2.45) is 7.05 Å². The first-order valence-electron chi connectivity index (χ1n) is 9.13. The first-order valence-corrected chi connectivity index (χ1v) is 12.5. The summed E-state index contributed by atoms with van der Waals surface area (Å²) in [6.07, 6.45) is 2.78. The maximum absolute atomic E-state index is 13.0. The molecule has 0 aliphatic heterocycles. The molecule has 3 rings (SSSR count). The summed E-state index contributed by atoms with van der Waals surface area (Å²) in [6, 6.07) is 5.35. The van der Waals surface area contributed by atoms with E-state index in [-0.39, 0.29) is 27.1 Å². The van der Waals surface area contributed by atoms with E-state index in [1.807, 2.05) is 0 Å². The molecule has 0 aliphatic rings. The summed E-state index contributed by atoms with van der Waals surface area (Å²) in [5.41, 5.74) is 1.06. The molecule has 0 fully saturated rings. The average Bonchev–Trinajstić information content (AvgIpc) is 3.24. The molecule has 0 radical (unpaired) electrons. The number of halogens is 1. The summed E-state index contributed by atoms with van der Waals surface area (Å²) in [6.45, 7) is 10.4. The minimum atomic E-state index is -4.23. The van der Waals surface area contributed by atoms with E-state index in [0.717, 1.165) is 0 Å². The fourth-order valence-corrected chi connectivity index (χ4v) is 5.80. The van der Waals surface area contributed by atoms with Gasteiger partial charge in [0.1, 0.15) is 10.7 Å². The van der Waals surface area contributed by atoms with Crippen LogP contribution in [-0.4, -0.2) is 26.6 Å². The van der Waals surface area contributed by atoms with Gasteiger partial charge in [-0.1, -0.05) is 30.8 Å². The Kier molecular flexibility index (Phi) is 6.27. The van der Waals surface area contributed by atoms with E-state index in [4.69, 9.17) is 16.0 Å². The minimum absolute atomic E-state index is 0.000964. The number of anilines is 2. The molecule has 9 nitrogen and oxygen atoms in total. The third-order valence-corrected chi connectivity index (χ3v) is 7.69. The summed E-state index contributed by atoms with van der Waals surface area (Å²) in [4.78, 5) is 0.000964. The Bertz CT molecular complexity index is 1410. The van der Waals surface area contributed by atoms with Gasteiger partial charge in [0.15, 0.2) is 0 Å². The Morgan fingerprint density at radius 1 is 1.03 bits per heavy atom. The normalized spacial score (nSPS) is 11.9. The zero-order valence-corrected chi connectivity index (χ0v) is 19.9. The van der Waals surface area contributed by atoms with Crippen molar-refractivity contribution in [3.05, 3.63) is 65.2 Å². The number of aryl methyl sites for hydroxylation is 2. The van der Waals surface area contributed by atoms with Crippen LogP contribution in [0.5, 0.6) is 0 Å². The highest BCUT2D eigenvalue weighted by atomic mass is 35.5. The van der Waals surface area contributed by atoms with Crippen LogP contribution >= 0.6 is 11.6 Å². The molecular weight excluding hydrogens is 476 g/mol. The fourth-order valence-electron chi connectivity index (χ4n) is 3.07. The molecule has 12 heteroatoms. The van der Waals surface area contributed by atoms with Gasteiger partial charge in [-0.25, -0.2) is 8.42 Å². The van der Waals surface area contributed by atoms with Crippen molar-refractivity contribution in [2.45, 2.75) is 23.8 Å². The fraction of sp³-hybridized carbons (Fsp3) is 0.150. The molecule has 3 aromatic rings. The topological polar surface area (TPSA) is 123 Å². The maximum atomic E-state index is 13.0. The molecule has 0 atom stereocenters. The smallest absolute Gasteiger partial charge is 0.295 e. The number of benzene rings is 1. The number of aromatic nitrogens is 2. The van der Waals surface area contributed by atoms with Gasteiger partial charge in [-0.05, 0) is 38.1 Å². The Balaban J connectivity index is 2.03. The molecule has 0 amide bonds. The van der Waals surface area contributed by atoms with Gasteiger partial charge in [-0.15, -0.1) is 0 Å². The van der Waals surface area contributed by atoms with Crippen LogP contribution in [0.2, 0.25) is 5.02 Å². The summed E-state index contributed by atoms with van der Waals surface area (Å²) >= 11 is 6.03. The highest BCUT2D eigenvalue weighted by molar-refractivity contribution is 7.93. The SMILES string of the molecule is C=Cc1cc(S(=O)(=O)Nc2cc(Cl)ccc2NS(=O)(=O)c2c(C)nn(C)c2C)oc1C=C. The monoisotopic (exact) mass is 496 g/mol. The van der Waals surface area contributed by atoms with Crippen LogP contribution in [0.15, 0.2) is 51.8 Å². The van der Waals surface area contributed by atoms with Crippen molar-refractivity contribution < 1.29 is 21.3 Å². The van der Waals surface area contributed by atoms with Crippen molar-refractivity contribution >= 4 is 55.2 Å². The first kappa shape index (κ1) is 23.6. The molecule has 0 saturated heterocycles. The molecule has 0 unspecified atom stereocenters. The van der Waals surface area contributed by atoms with Gasteiger partial charge in [0.25, 0.3) is 20.0 Å². The zero-order valence-electron chi connectivity index (χ0n) is 17.5. The van der Waals surface area contributed by atoms with Crippen molar-refractivity contribution in [1.82, 2.24) is 9.78 Å². The van der Waals surface area contributed by atoms with Crippen LogP contribution in [0.25, 0.3) is 12.2 Å². The predicted molar refractivity (Wildman–Crippen MR) is 125 cm³/mol. The lowest BCUT2D eigenvalue weighted by Crippen LogP contribution is -2.18. The van der Waals surface area contributed by atoms with Crippen LogP contribution in [-0.2, 0) is 27.1 Å². The maximum Gasteiger partial charge on any atom is 0.295 e. The molecule has 0 bridgehead atoms. The zero-order chi connectivity index (χ0) is 23.8. The molecular formula is C20H21ClN4O5S2. The highest BCUT2D eigenvalue weighted by Crippen LogP contribution is 2.32. The second kappa shape index (κ2) is 8.49. The Hall–Kier alpha value is -3.02. The molecule has 1 aromatic carbocycles. The van der Waals surface area contributed by atoms with Gasteiger partial charge in [-0.2, -0.15) is 13.5 Å². The summed E-state index contributed by atoms with van der Waals surface area (Å²) in [5, 5.41) is 3.92. The molecule has 170 valence electrons. The molecule has 2 N–H and O–H groups in total. The summed E-state index contributed by atoms with van der Waals surface area (Å²) in [7, 11) is -6.68. The van der Waals surface area contributed by atoms with Gasteiger partial charge < -0.3 is 4.42 Å². The van der Waals surface area contributed by atoms with Gasteiger partial charge in [0, 0.05) is 23.7 Å². The van der Waals surface area contributed by atoms with Gasteiger partial charge in [0.05, 0.1) is 22.8 Å². The number of nitrogens with one attached hydrogen (secondary N) is 2. The Morgan fingerprint density at radius 2 is 1.69 bits per heavy atom. The van der Waals surface area contributed by atoms with E-state index in [1.54, 1.807) is 20.9 Å². The summed E-state index contributed by atoms with van der Waals surface area (Å²) in [5.74, 6) is 0.231. The largest absolute Gasteiger partial charge is 0.443 e. The Labute approximate surface area is 191 Å². The van der Waals surface area contributed by atoms with Crippen molar-refractivity contribution in [2.75, 3.05) is 9.44 Å². The van der Waals surface area contributed by atoms with E-state index in [1.165, 1.54) is 41.1 Å². The van der Waals surface area contributed by atoms with Gasteiger partial charge in [-0.3, -0.25) is 14.1 Å². The van der Waals surface area contributed by atoms with Gasteiger partial charge >= 0.3 is 0 Å². The lowest BCUT2D eigenvalue weighted by atomic mass is 10.2. The number of rotatable bonds is 8. The second-order valence-corrected chi connectivity index (χ2v) is 10.5. The van der Waals surface area contributed by atoms with E-state index in [0.29, 0.717) is 17.0 Å².